The van der Waals surface area contributed by atoms with Gasteiger partial charge in [0.05, 0.1) is 11.7 Å². The summed E-state index contributed by atoms with van der Waals surface area (Å²) in [5.74, 6) is 1.49. The number of aliphatic hydroxyl groups excluding tert-OH is 1. The van der Waals surface area contributed by atoms with Crippen LogP contribution in [0.3, 0.4) is 0 Å². The molecule has 2 unspecified atom stereocenters. The van der Waals surface area contributed by atoms with Crippen LogP contribution in [0.5, 0.6) is 0 Å². The van der Waals surface area contributed by atoms with E-state index in [1.807, 2.05) is 0 Å². The van der Waals surface area contributed by atoms with E-state index in [1.54, 1.807) is 0 Å². The molecule has 2 heteroatoms. The van der Waals surface area contributed by atoms with Crippen LogP contribution in [0.25, 0.3) is 0 Å². The Balaban J connectivity index is 1.93. The molecule has 116 valence electrons. The molecule has 3 aliphatic rings. The van der Waals surface area contributed by atoms with Gasteiger partial charge in [0.1, 0.15) is 0 Å². The van der Waals surface area contributed by atoms with Crippen LogP contribution < -0.4 is 0 Å². The monoisotopic (exact) mass is 280 g/mol. The van der Waals surface area contributed by atoms with Gasteiger partial charge in [-0.1, -0.05) is 20.8 Å². The van der Waals surface area contributed by atoms with Gasteiger partial charge in [0.25, 0.3) is 0 Å². The second-order valence-electron chi connectivity index (χ2n) is 8.41. The summed E-state index contributed by atoms with van der Waals surface area (Å²) < 4.78 is 6.38. The van der Waals surface area contributed by atoms with Crippen molar-refractivity contribution in [2.24, 2.45) is 22.7 Å². The van der Waals surface area contributed by atoms with Crippen molar-refractivity contribution in [2.75, 3.05) is 6.61 Å². The summed E-state index contributed by atoms with van der Waals surface area (Å²) in [5.41, 5.74) is 0.779. The molecule has 0 amide bonds. The molecule has 20 heavy (non-hydrogen) atoms. The van der Waals surface area contributed by atoms with Crippen molar-refractivity contribution in [1.82, 2.24) is 0 Å². The Morgan fingerprint density at radius 3 is 2.40 bits per heavy atom. The largest absolute Gasteiger partial charge is 0.393 e. The Labute approximate surface area is 124 Å². The van der Waals surface area contributed by atoms with Crippen LogP contribution in [0, 0.1) is 22.7 Å². The molecule has 3 fully saturated rings. The van der Waals surface area contributed by atoms with Crippen molar-refractivity contribution in [3.63, 3.8) is 0 Å². The van der Waals surface area contributed by atoms with Crippen LogP contribution in [-0.4, -0.2) is 23.4 Å². The molecule has 2 bridgehead atoms. The molecule has 0 aromatic rings. The third-order valence-electron chi connectivity index (χ3n) is 7.58. The van der Waals surface area contributed by atoms with Crippen molar-refractivity contribution < 1.29 is 9.84 Å². The fourth-order valence-electron chi connectivity index (χ4n) is 6.07. The molecule has 3 aliphatic carbocycles. The van der Waals surface area contributed by atoms with Crippen LogP contribution in [0.15, 0.2) is 0 Å². The molecule has 3 rings (SSSR count). The summed E-state index contributed by atoms with van der Waals surface area (Å²) in [4.78, 5) is 0. The fraction of sp³-hybridized carbons (Fsp3) is 1.00. The lowest BCUT2D eigenvalue weighted by molar-refractivity contribution is -0.161. The molecule has 0 radical (unpaired) electrons. The van der Waals surface area contributed by atoms with E-state index in [2.05, 4.69) is 27.7 Å². The van der Waals surface area contributed by atoms with Gasteiger partial charge < -0.3 is 9.84 Å². The fourth-order valence-corrected chi connectivity index (χ4v) is 6.07. The summed E-state index contributed by atoms with van der Waals surface area (Å²) in [6, 6.07) is 0. The highest BCUT2D eigenvalue weighted by molar-refractivity contribution is 5.15. The number of aliphatic hydroxyl groups is 1. The van der Waals surface area contributed by atoms with E-state index in [4.69, 9.17) is 4.74 Å². The predicted octanol–water partition coefficient (Wildman–Crippen LogP) is 4.16. The Morgan fingerprint density at radius 2 is 1.90 bits per heavy atom. The minimum Gasteiger partial charge on any atom is -0.393 e. The number of rotatable bonds is 3. The maximum Gasteiger partial charge on any atom is 0.0740 e. The van der Waals surface area contributed by atoms with Crippen molar-refractivity contribution >= 4 is 0 Å². The van der Waals surface area contributed by atoms with E-state index >= 15 is 0 Å². The number of ether oxygens (including phenoxy) is 1. The Hall–Kier alpha value is -0.0800. The van der Waals surface area contributed by atoms with Crippen molar-refractivity contribution in [3.05, 3.63) is 0 Å². The van der Waals surface area contributed by atoms with Crippen LogP contribution >= 0.6 is 0 Å². The number of hydrogen-bond acceptors (Lipinski definition) is 2. The lowest BCUT2D eigenvalue weighted by atomic mass is 9.59. The first-order chi connectivity index (χ1) is 9.36. The summed E-state index contributed by atoms with van der Waals surface area (Å²) >= 11 is 0. The molecule has 0 aromatic heterocycles. The maximum absolute atomic E-state index is 10.2. The third kappa shape index (κ3) is 1.83. The molecular weight excluding hydrogens is 248 g/mol. The van der Waals surface area contributed by atoms with E-state index < -0.39 is 0 Å². The maximum atomic E-state index is 10.2. The zero-order valence-corrected chi connectivity index (χ0v) is 13.7. The zero-order chi connectivity index (χ0) is 14.6. The molecule has 0 heterocycles. The van der Waals surface area contributed by atoms with E-state index in [-0.39, 0.29) is 11.7 Å². The minimum absolute atomic E-state index is 0.0480. The summed E-state index contributed by atoms with van der Waals surface area (Å²) in [7, 11) is 0. The van der Waals surface area contributed by atoms with Crippen molar-refractivity contribution in [3.8, 4) is 0 Å². The molecule has 0 aromatic carbocycles. The predicted molar refractivity (Wildman–Crippen MR) is 81.6 cm³/mol. The second-order valence-corrected chi connectivity index (χ2v) is 8.41. The average Bonchev–Trinajstić information content (AvgIpc) is 2.71. The SMILES string of the molecule is CCOC1([C@H]2C[C@@H]3CC[C@@]2(C)C3(C)C)CCCC(O)C1. The first kappa shape index (κ1) is 14.8. The van der Waals surface area contributed by atoms with Crippen LogP contribution in [0.1, 0.15) is 72.6 Å². The van der Waals surface area contributed by atoms with Crippen LogP contribution in [0.2, 0.25) is 0 Å². The Bertz CT molecular complexity index is 374. The molecule has 3 saturated carbocycles. The summed E-state index contributed by atoms with van der Waals surface area (Å²) in [6.45, 7) is 10.4. The van der Waals surface area contributed by atoms with Gasteiger partial charge >= 0.3 is 0 Å². The minimum atomic E-state index is -0.152. The van der Waals surface area contributed by atoms with E-state index in [9.17, 15) is 5.11 Å². The smallest absolute Gasteiger partial charge is 0.0740 e. The van der Waals surface area contributed by atoms with Gasteiger partial charge in [0.2, 0.25) is 0 Å². The Kier molecular flexibility index (Phi) is 3.49. The third-order valence-corrected chi connectivity index (χ3v) is 7.58. The number of fused-ring (bicyclic) bond motifs is 2. The average molecular weight is 280 g/mol. The lowest BCUT2D eigenvalue weighted by Crippen LogP contribution is -2.52. The van der Waals surface area contributed by atoms with Gasteiger partial charge in [0, 0.05) is 13.0 Å². The summed E-state index contributed by atoms with van der Waals surface area (Å²) in [6.07, 6.45) is 8.01. The van der Waals surface area contributed by atoms with Crippen molar-refractivity contribution in [2.45, 2.75) is 84.3 Å². The lowest BCUT2D eigenvalue weighted by Gasteiger charge is -2.52. The topological polar surface area (TPSA) is 29.5 Å². The molecule has 0 spiro atoms. The molecule has 0 aliphatic heterocycles. The Morgan fingerprint density at radius 1 is 1.15 bits per heavy atom. The van der Waals surface area contributed by atoms with E-state index in [0.717, 1.165) is 38.2 Å². The standard InChI is InChI=1S/C18H32O2/c1-5-20-18(9-6-7-14(19)12-18)15-11-13-8-10-17(15,4)16(13,2)3/h13-15,19H,5-12H2,1-4H3/t13-,14?,15-,17+,18?/m0/s1. The molecule has 0 saturated heterocycles. The van der Waals surface area contributed by atoms with Gasteiger partial charge in [0.15, 0.2) is 0 Å². The second kappa shape index (κ2) is 4.71. The van der Waals surface area contributed by atoms with E-state index in [0.29, 0.717) is 16.7 Å². The number of hydrogen-bond donors (Lipinski definition) is 1. The van der Waals surface area contributed by atoms with Crippen LogP contribution in [0.4, 0.5) is 0 Å². The molecule has 5 atom stereocenters. The molecule has 2 nitrogen and oxygen atoms in total. The van der Waals surface area contributed by atoms with Gasteiger partial charge in [-0.2, -0.15) is 0 Å². The van der Waals surface area contributed by atoms with Gasteiger partial charge in [-0.3, -0.25) is 0 Å². The van der Waals surface area contributed by atoms with Crippen LogP contribution in [-0.2, 0) is 4.74 Å². The van der Waals surface area contributed by atoms with Gasteiger partial charge in [-0.25, -0.2) is 0 Å². The normalized spacial score (nSPS) is 50.5. The quantitative estimate of drug-likeness (QED) is 0.841. The zero-order valence-electron chi connectivity index (χ0n) is 13.7. The van der Waals surface area contributed by atoms with Gasteiger partial charge in [-0.05, 0) is 68.1 Å². The highest BCUT2D eigenvalue weighted by Crippen LogP contribution is 2.71. The highest BCUT2D eigenvalue weighted by atomic mass is 16.5. The first-order valence-corrected chi connectivity index (χ1v) is 8.68. The summed E-state index contributed by atoms with van der Waals surface area (Å²) in [5, 5.41) is 10.2. The first-order valence-electron chi connectivity index (χ1n) is 8.68. The molecule has 1 N–H and O–H groups in total. The highest BCUT2D eigenvalue weighted by Gasteiger charge is 2.66. The van der Waals surface area contributed by atoms with E-state index in [1.165, 1.54) is 19.3 Å². The van der Waals surface area contributed by atoms with Gasteiger partial charge in [-0.15, -0.1) is 0 Å². The molecular formula is C18H32O2. The van der Waals surface area contributed by atoms with Crippen molar-refractivity contribution in [1.29, 1.82) is 0 Å².